The minimum Gasteiger partial charge on any atom is -0.350 e. The molecule has 108 valence electrons. The molecule has 19 heavy (non-hydrogen) atoms. The molecule has 1 amide bonds. The Labute approximate surface area is 117 Å². The summed E-state index contributed by atoms with van der Waals surface area (Å²) in [5.74, 6) is 3.16. The number of amides is 1. The zero-order chi connectivity index (χ0) is 13.5. The van der Waals surface area contributed by atoms with E-state index in [2.05, 4.69) is 19.4 Å². The van der Waals surface area contributed by atoms with Crippen molar-refractivity contribution < 1.29 is 9.69 Å². The van der Waals surface area contributed by atoms with Gasteiger partial charge in [0.25, 0.3) is 0 Å². The van der Waals surface area contributed by atoms with Crippen LogP contribution < -0.4 is 10.2 Å². The quantitative estimate of drug-likeness (QED) is 0.759. The lowest BCUT2D eigenvalue weighted by Gasteiger charge is -2.56. The summed E-state index contributed by atoms with van der Waals surface area (Å²) in [6, 6.07) is 0. The summed E-state index contributed by atoms with van der Waals surface area (Å²) >= 11 is 0. The molecule has 0 unspecified atom stereocenters. The van der Waals surface area contributed by atoms with Crippen LogP contribution in [-0.2, 0) is 4.79 Å². The number of nitrogens with one attached hydrogen (secondary N) is 2. The van der Waals surface area contributed by atoms with Crippen molar-refractivity contribution in [1.29, 1.82) is 0 Å². The molecule has 4 aliphatic rings. The lowest BCUT2D eigenvalue weighted by Crippen LogP contribution is -3.06. The first-order chi connectivity index (χ1) is 9.05. The van der Waals surface area contributed by atoms with Gasteiger partial charge in [-0.3, -0.25) is 4.79 Å². The van der Waals surface area contributed by atoms with Gasteiger partial charge in [-0.2, -0.15) is 0 Å². The van der Waals surface area contributed by atoms with Gasteiger partial charge in [0.15, 0.2) is 0 Å². The molecule has 3 nitrogen and oxygen atoms in total. The molecular weight excluding hydrogens is 236 g/mol. The molecule has 4 rings (SSSR count). The van der Waals surface area contributed by atoms with Crippen molar-refractivity contribution in [2.45, 2.75) is 44.9 Å². The fourth-order valence-corrected chi connectivity index (χ4v) is 5.36. The molecule has 4 saturated carbocycles. The third-order valence-corrected chi connectivity index (χ3v) is 5.65. The molecule has 0 aromatic rings. The summed E-state index contributed by atoms with van der Waals surface area (Å²) in [6.45, 7) is 1.85. The maximum atomic E-state index is 12.2. The fraction of sp³-hybridized carbons (Fsp3) is 0.938. The molecule has 4 fully saturated rings. The highest BCUT2D eigenvalue weighted by Crippen LogP contribution is 2.61. The smallest absolute Gasteiger partial charge is 0.220 e. The van der Waals surface area contributed by atoms with Crippen molar-refractivity contribution in [3.05, 3.63) is 0 Å². The summed E-state index contributed by atoms with van der Waals surface area (Å²) in [6.07, 6.45) is 9.21. The predicted octanol–water partition coefficient (Wildman–Crippen LogP) is 0.854. The van der Waals surface area contributed by atoms with E-state index in [4.69, 9.17) is 0 Å². The molecule has 2 N–H and O–H groups in total. The summed E-state index contributed by atoms with van der Waals surface area (Å²) in [5.41, 5.74) is 0.393. The topological polar surface area (TPSA) is 33.5 Å². The van der Waals surface area contributed by atoms with Gasteiger partial charge < -0.3 is 10.2 Å². The average Bonchev–Trinajstić information content (AvgIpc) is 2.25. The first-order valence-electron chi connectivity index (χ1n) is 8.10. The maximum Gasteiger partial charge on any atom is 0.220 e. The second kappa shape index (κ2) is 5.08. The van der Waals surface area contributed by atoms with Crippen LogP contribution in [0.15, 0.2) is 0 Å². The van der Waals surface area contributed by atoms with Gasteiger partial charge in [0.05, 0.1) is 27.2 Å². The Morgan fingerprint density at radius 1 is 1.11 bits per heavy atom. The molecule has 0 radical (unpaired) electrons. The Hall–Kier alpha value is -0.570. The number of hydrogen-bond acceptors (Lipinski definition) is 1. The van der Waals surface area contributed by atoms with Crippen molar-refractivity contribution in [2.75, 3.05) is 27.2 Å². The largest absolute Gasteiger partial charge is 0.350 e. The number of carbonyl (C=O) groups is 1. The van der Waals surface area contributed by atoms with Gasteiger partial charge in [0, 0.05) is 6.42 Å². The van der Waals surface area contributed by atoms with Crippen LogP contribution in [0.3, 0.4) is 0 Å². The molecule has 0 aliphatic heterocycles. The van der Waals surface area contributed by atoms with Gasteiger partial charge in [0.1, 0.15) is 0 Å². The Kier molecular flexibility index (Phi) is 3.59. The Morgan fingerprint density at radius 3 is 2.11 bits per heavy atom. The monoisotopic (exact) mass is 265 g/mol. The summed E-state index contributed by atoms with van der Waals surface area (Å²) in [5, 5.41) is 3.13. The van der Waals surface area contributed by atoms with E-state index in [1.54, 1.807) is 0 Å². The van der Waals surface area contributed by atoms with Crippen molar-refractivity contribution in [3.8, 4) is 0 Å². The SMILES string of the molecule is C[NH+](C)CCNC(=O)CC12CC3CC(CC(C3)C1)C2. The average molecular weight is 265 g/mol. The van der Waals surface area contributed by atoms with E-state index in [1.165, 1.54) is 43.4 Å². The van der Waals surface area contributed by atoms with Crippen molar-refractivity contribution in [1.82, 2.24) is 5.32 Å². The number of likely N-dealkylation sites (N-methyl/N-ethyl adjacent to an activating group) is 1. The van der Waals surface area contributed by atoms with Gasteiger partial charge in [-0.15, -0.1) is 0 Å². The molecule has 4 aliphatic carbocycles. The number of quaternary nitrogens is 1. The van der Waals surface area contributed by atoms with Crippen molar-refractivity contribution in [3.63, 3.8) is 0 Å². The van der Waals surface area contributed by atoms with Crippen LogP contribution in [0.25, 0.3) is 0 Å². The Morgan fingerprint density at radius 2 is 1.63 bits per heavy atom. The Bertz CT molecular complexity index is 315. The van der Waals surface area contributed by atoms with Gasteiger partial charge in [-0.1, -0.05) is 0 Å². The summed E-state index contributed by atoms with van der Waals surface area (Å²) < 4.78 is 0. The van der Waals surface area contributed by atoms with Crippen molar-refractivity contribution in [2.24, 2.45) is 23.2 Å². The van der Waals surface area contributed by atoms with E-state index in [-0.39, 0.29) is 0 Å². The zero-order valence-corrected chi connectivity index (χ0v) is 12.5. The van der Waals surface area contributed by atoms with Crippen LogP contribution in [0.5, 0.6) is 0 Å². The molecule has 0 aromatic carbocycles. The minimum absolute atomic E-state index is 0.309. The van der Waals surface area contributed by atoms with Crippen LogP contribution in [0, 0.1) is 23.2 Å². The standard InChI is InChI=1S/C16H28N2O/c1-18(2)4-3-17-15(19)11-16-8-12-5-13(9-16)7-14(6-12)10-16/h12-14H,3-11H2,1-2H3,(H,17,19)/p+1. The highest BCUT2D eigenvalue weighted by atomic mass is 16.1. The molecular formula is C16H29N2O+. The van der Waals surface area contributed by atoms with E-state index in [9.17, 15) is 4.79 Å². The lowest BCUT2D eigenvalue weighted by atomic mass is 9.49. The second-order valence-electron chi connectivity index (χ2n) is 7.90. The van der Waals surface area contributed by atoms with E-state index in [1.807, 2.05) is 0 Å². The van der Waals surface area contributed by atoms with Crippen LogP contribution in [-0.4, -0.2) is 33.1 Å². The third kappa shape index (κ3) is 2.96. The predicted molar refractivity (Wildman–Crippen MR) is 75.9 cm³/mol. The lowest BCUT2D eigenvalue weighted by molar-refractivity contribution is -0.856. The summed E-state index contributed by atoms with van der Waals surface area (Å²) in [7, 11) is 4.26. The van der Waals surface area contributed by atoms with E-state index < -0.39 is 0 Å². The van der Waals surface area contributed by atoms with E-state index in [0.29, 0.717) is 11.3 Å². The molecule has 0 heterocycles. The zero-order valence-electron chi connectivity index (χ0n) is 12.5. The maximum absolute atomic E-state index is 12.2. The van der Waals surface area contributed by atoms with Gasteiger partial charge in [0.2, 0.25) is 5.91 Å². The third-order valence-electron chi connectivity index (χ3n) is 5.65. The van der Waals surface area contributed by atoms with Gasteiger partial charge in [-0.05, 0) is 61.7 Å². The first kappa shape index (κ1) is 13.4. The minimum atomic E-state index is 0.309. The molecule has 0 aromatic heterocycles. The molecule has 4 bridgehead atoms. The number of carbonyl (C=O) groups excluding carboxylic acids is 1. The molecule has 3 heteroatoms. The fourth-order valence-electron chi connectivity index (χ4n) is 5.36. The normalized spacial score (nSPS) is 39.8. The van der Waals surface area contributed by atoms with E-state index in [0.717, 1.165) is 37.3 Å². The Balaban J connectivity index is 1.53. The van der Waals surface area contributed by atoms with Gasteiger partial charge >= 0.3 is 0 Å². The number of hydrogen-bond donors (Lipinski definition) is 2. The van der Waals surface area contributed by atoms with E-state index >= 15 is 0 Å². The summed E-state index contributed by atoms with van der Waals surface area (Å²) in [4.78, 5) is 13.6. The first-order valence-corrected chi connectivity index (χ1v) is 8.10. The van der Waals surface area contributed by atoms with Crippen LogP contribution >= 0.6 is 0 Å². The molecule has 0 atom stereocenters. The second-order valence-corrected chi connectivity index (χ2v) is 7.90. The van der Waals surface area contributed by atoms with Crippen LogP contribution in [0.2, 0.25) is 0 Å². The molecule has 0 spiro atoms. The highest BCUT2D eigenvalue weighted by Gasteiger charge is 2.51. The molecule has 0 saturated heterocycles. The van der Waals surface area contributed by atoms with Crippen LogP contribution in [0.1, 0.15) is 44.9 Å². The van der Waals surface area contributed by atoms with Crippen molar-refractivity contribution >= 4 is 5.91 Å². The van der Waals surface area contributed by atoms with Gasteiger partial charge in [-0.25, -0.2) is 0 Å². The van der Waals surface area contributed by atoms with Crippen LogP contribution in [0.4, 0.5) is 0 Å². The number of rotatable bonds is 5. The highest BCUT2D eigenvalue weighted by molar-refractivity contribution is 5.76.